The van der Waals surface area contributed by atoms with Crippen LogP contribution in [0.4, 0.5) is 0 Å². The molecule has 5 heteroatoms. The quantitative estimate of drug-likeness (QED) is 0.819. The Labute approximate surface area is 136 Å². The summed E-state index contributed by atoms with van der Waals surface area (Å²) in [6.07, 6.45) is 2.71. The molecule has 1 saturated heterocycles. The lowest BCUT2D eigenvalue weighted by atomic mass is 10.1. The molecule has 1 aliphatic heterocycles. The molecular weight excluding hydrogens is 294 g/mol. The third-order valence-corrected chi connectivity index (χ3v) is 4.72. The van der Waals surface area contributed by atoms with E-state index in [1.165, 1.54) is 24.0 Å². The van der Waals surface area contributed by atoms with Crippen molar-refractivity contribution in [2.75, 3.05) is 13.2 Å². The Morgan fingerprint density at radius 1 is 1.27 bits per heavy atom. The maximum absolute atomic E-state index is 5.81. The Hall–Kier alpha value is -1.30. The largest absolute Gasteiger partial charge is 0.377 e. The van der Waals surface area contributed by atoms with Gasteiger partial charge >= 0.3 is 0 Å². The molecule has 4 nitrogen and oxygen atoms in total. The Morgan fingerprint density at radius 3 is 2.86 bits per heavy atom. The molecule has 1 unspecified atom stereocenters. The number of aryl methyl sites for hydroxylation is 2. The zero-order valence-electron chi connectivity index (χ0n) is 13.3. The number of hydrogen-bond donors (Lipinski definition) is 0. The highest BCUT2D eigenvalue weighted by Gasteiger charge is 2.20. The van der Waals surface area contributed by atoms with E-state index in [1.807, 2.05) is 6.92 Å². The van der Waals surface area contributed by atoms with Gasteiger partial charge in [0.25, 0.3) is 0 Å². The highest BCUT2D eigenvalue weighted by Crippen LogP contribution is 2.19. The molecule has 2 aromatic rings. The molecule has 3 rings (SSSR count). The lowest BCUT2D eigenvalue weighted by Crippen LogP contribution is -2.31. The Morgan fingerprint density at radius 2 is 2.18 bits per heavy atom. The first-order valence-corrected chi connectivity index (χ1v) is 8.69. The van der Waals surface area contributed by atoms with Crippen LogP contribution in [-0.2, 0) is 17.8 Å². The summed E-state index contributed by atoms with van der Waals surface area (Å²) in [5.74, 6) is 0. The third kappa shape index (κ3) is 4.35. The van der Waals surface area contributed by atoms with E-state index in [4.69, 9.17) is 4.74 Å². The third-order valence-electron chi connectivity index (χ3n) is 3.90. The van der Waals surface area contributed by atoms with Gasteiger partial charge in [-0.3, -0.25) is 4.90 Å². The first-order valence-electron chi connectivity index (χ1n) is 7.87. The van der Waals surface area contributed by atoms with E-state index in [0.717, 1.165) is 36.3 Å². The fraction of sp³-hybridized carbons (Fsp3) is 0.529. The highest BCUT2D eigenvalue weighted by atomic mass is 32.1. The average molecular weight is 317 g/mol. The van der Waals surface area contributed by atoms with Gasteiger partial charge in [-0.1, -0.05) is 29.8 Å². The second-order valence-electron chi connectivity index (χ2n) is 6.01. The van der Waals surface area contributed by atoms with E-state index in [0.29, 0.717) is 6.10 Å². The summed E-state index contributed by atoms with van der Waals surface area (Å²) in [5.41, 5.74) is 2.65. The van der Waals surface area contributed by atoms with Gasteiger partial charge < -0.3 is 4.74 Å². The van der Waals surface area contributed by atoms with Crippen LogP contribution in [0.25, 0.3) is 0 Å². The van der Waals surface area contributed by atoms with Gasteiger partial charge in [-0.05, 0) is 32.3 Å². The minimum Gasteiger partial charge on any atom is -0.377 e. The molecule has 1 fully saturated rings. The summed E-state index contributed by atoms with van der Waals surface area (Å²) in [6, 6.07) is 8.72. The summed E-state index contributed by atoms with van der Waals surface area (Å²) < 4.78 is 5.81. The van der Waals surface area contributed by atoms with E-state index < -0.39 is 0 Å². The predicted octanol–water partition coefficient (Wildman–Crippen LogP) is 3.34. The van der Waals surface area contributed by atoms with Gasteiger partial charge in [0.05, 0.1) is 12.6 Å². The number of ether oxygens (including phenoxy) is 1. The van der Waals surface area contributed by atoms with Crippen LogP contribution in [0.15, 0.2) is 24.3 Å². The molecule has 1 aromatic carbocycles. The molecule has 0 amide bonds. The van der Waals surface area contributed by atoms with Crippen LogP contribution >= 0.6 is 11.3 Å². The molecule has 1 atom stereocenters. The van der Waals surface area contributed by atoms with Gasteiger partial charge in [-0.25, -0.2) is 0 Å². The summed E-state index contributed by atoms with van der Waals surface area (Å²) in [5, 5.41) is 10.5. The minimum atomic E-state index is 0.360. The maximum Gasteiger partial charge on any atom is 0.131 e. The maximum atomic E-state index is 5.81. The molecule has 22 heavy (non-hydrogen) atoms. The molecule has 118 valence electrons. The van der Waals surface area contributed by atoms with Crippen LogP contribution < -0.4 is 0 Å². The average Bonchev–Trinajstić information content (AvgIpc) is 3.11. The topological polar surface area (TPSA) is 38.2 Å². The lowest BCUT2D eigenvalue weighted by molar-refractivity contribution is 0.0678. The monoisotopic (exact) mass is 317 g/mol. The summed E-state index contributed by atoms with van der Waals surface area (Å²) in [4.78, 5) is 2.44. The smallest absolute Gasteiger partial charge is 0.131 e. The number of nitrogens with zero attached hydrogens (tertiary/aromatic N) is 3. The zero-order chi connectivity index (χ0) is 15.4. The van der Waals surface area contributed by atoms with Crippen LogP contribution in [-0.4, -0.2) is 34.4 Å². The fourth-order valence-corrected chi connectivity index (χ4v) is 3.67. The molecule has 1 aliphatic rings. The Bertz CT molecular complexity index is 607. The van der Waals surface area contributed by atoms with Crippen molar-refractivity contribution in [3.05, 3.63) is 45.4 Å². The van der Waals surface area contributed by atoms with Crippen LogP contribution in [0.3, 0.4) is 0 Å². The molecule has 1 aromatic heterocycles. The number of rotatable bonds is 6. The van der Waals surface area contributed by atoms with Gasteiger partial charge in [-0.2, -0.15) is 0 Å². The highest BCUT2D eigenvalue weighted by molar-refractivity contribution is 7.11. The molecule has 0 radical (unpaired) electrons. The molecule has 0 aliphatic carbocycles. The van der Waals surface area contributed by atoms with Crippen molar-refractivity contribution in [1.29, 1.82) is 0 Å². The summed E-state index contributed by atoms with van der Waals surface area (Å²) in [7, 11) is 0. The molecule has 0 N–H and O–H groups in total. The van der Waals surface area contributed by atoms with Crippen LogP contribution in [0.5, 0.6) is 0 Å². The normalized spacial score (nSPS) is 18.2. The van der Waals surface area contributed by atoms with Crippen molar-refractivity contribution in [3.8, 4) is 0 Å². The van der Waals surface area contributed by atoms with Crippen molar-refractivity contribution in [2.24, 2.45) is 0 Å². The summed E-state index contributed by atoms with van der Waals surface area (Å²) in [6.45, 7) is 7.79. The van der Waals surface area contributed by atoms with E-state index in [-0.39, 0.29) is 0 Å². The van der Waals surface area contributed by atoms with Crippen LogP contribution in [0.1, 0.15) is 34.0 Å². The first kappa shape index (κ1) is 15.6. The molecule has 2 heterocycles. The number of benzene rings is 1. The van der Waals surface area contributed by atoms with Crippen molar-refractivity contribution >= 4 is 11.3 Å². The van der Waals surface area contributed by atoms with Crippen molar-refractivity contribution < 1.29 is 4.74 Å². The van der Waals surface area contributed by atoms with Crippen molar-refractivity contribution in [3.63, 3.8) is 0 Å². The van der Waals surface area contributed by atoms with Gasteiger partial charge in [0.15, 0.2) is 0 Å². The molecule has 0 bridgehead atoms. The van der Waals surface area contributed by atoms with Gasteiger partial charge in [-0.15, -0.1) is 21.5 Å². The van der Waals surface area contributed by atoms with E-state index >= 15 is 0 Å². The zero-order valence-corrected chi connectivity index (χ0v) is 14.1. The van der Waals surface area contributed by atoms with E-state index in [9.17, 15) is 0 Å². The molecule has 0 saturated carbocycles. The number of aromatic nitrogens is 2. The van der Waals surface area contributed by atoms with Crippen LogP contribution in [0, 0.1) is 13.8 Å². The Balaban J connectivity index is 1.69. The second-order valence-corrected chi connectivity index (χ2v) is 7.27. The number of hydrogen-bond acceptors (Lipinski definition) is 5. The lowest BCUT2D eigenvalue weighted by Gasteiger charge is -2.24. The SMILES string of the molecule is Cc1cccc(CN(Cc2nnc(C)s2)CC2CCCO2)c1. The van der Waals surface area contributed by atoms with E-state index in [1.54, 1.807) is 11.3 Å². The fourth-order valence-electron chi connectivity index (χ4n) is 2.92. The van der Waals surface area contributed by atoms with Crippen LogP contribution in [0.2, 0.25) is 0 Å². The standard InChI is InChI=1S/C17H23N3OS/c1-13-5-3-6-15(9-13)10-20(11-16-7-4-8-21-16)12-17-19-18-14(2)22-17/h3,5-6,9,16H,4,7-8,10-12H2,1-2H3. The molecular formula is C17H23N3OS. The second kappa shape index (κ2) is 7.31. The van der Waals surface area contributed by atoms with Crippen molar-refractivity contribution in [2.45, 2.75) is 45.9 Å². The van der Waals surface area contributed by atoms with Gasteiger partial charge in [0.2, 0.25) is 0 Å². The minimum absolute atomic E-state index is 0.360. The first-order chi connectivity index (χ1) is 10.7. The van der Waals surface area contributed by atoms with E-state index in [2.05, 4.69) is 46.3 Å². The predicted molar refractivity (Wildman–Crippen MR) is 88.9 cm³/mol. The van der Waals surface area contributed by atoms with Crippen molar-refractivity contribution in [1.82, 2.24) is 15.1 Å². The van der Waals surface area contributed by atoms with Gasteiger partial charge in [0.1, 0.15) is 10.0 Å². The summed E-state index contributed by atoms with van der Waals surface area (Å²) >= 11 is 1.68. The Kier molecular flexibility index (Phi) is 5.18. The van der Waals surface area contributed by atoms with Gasteiger partial charge in [0, 0.05) is 19.7 Å². The molecule has 0 spiro atoms.